The van der Waals surface area contributed by atoms with Crippen molar-refractivity contribution >= 4 is 40.2 Å². The number of halogens is 2. The van der Waals surface area contributed by atoms with Crippen molar-refractivity contribution in [3.05, 3.63) is 11.1 Å². The number of H-pyrrole nitrogens is 1. The smallest absolute Gasteiger partial charge is 0.226 e. The van der Waals surface area contributed by atoms with E-state index in [1.165, 1.54) is 12.8 Å². The number of hydrogen-bond acceptors (Lipinski definition) is 4. The molecule has 2 aromatic heterocycles. The van der Waals surface area contributed by atoms with Gasteiger partial charge in [-0.3, -0.25) is 0 Å². The summed E-state index contributed by atoms with van der Waals surface area (Å²) in [6, 6.07) is 0.598. The van der Waals surface area contributed by atoms with E-state index in [1.807, 2.05) is 0 Å². The highest BCUT2D eigenvalue weighted by molar-refractivity contribution is 6.28. The summed E-state index contributed by atoms with van der Waals surface area (Å²) in [4.78, 5) is 18.4. The maximum atomic E-state index is 5.99. The number of imidazole rings is 1. The van der Waals surface area contributed by atoms with E-state index in [0.29, 0.717) is 23.4 Å². The molecule has 3 aliphatic rings. The van der Waals surface area contributed by atoms with Crippen molar-refractivity contribution in [1.82, 2.24) is 19.9 Å². The van der Waals surface area contributed by atoms with Crippen molar-refractivity contribution in [2.75, 3.05) is 11.4 Å². The fourth-order valence-corrected chi connectivity index (χ4v) is 3.25. The van der Waals surface area contributed by atoms with Crippen LogP contribution in [0.2, 0.25) is 5.28 Å². The Labute approximate surface area is 114 Å². The molecule has 1 N–H and O–H groups in total. The van der Waals surface area contributed by atoms with E-state index >= 15 is 0 Å². The van der Waals surface area contributed by atoms with Crippen LogP contribution in [0.3, 0.4) is 0 Å². The summed E-state index contributed by atoms with van der Waals surface area (Å²) in [6.07, 6.45) is 2.52. The third-order valence-corrected chi connectivity index (χ3v) is 4.28. The van der Waals surface area contributed by atoms with Gasteiger partial charge in [-0.25, -0.2) is 4.98 Å². The van der Waals surface area contributed by atoms with Gasteiger partial charge in [-0.1, -0.05) is 0 Å². The molecule has 3 fully saturated rings. The molecule has 0 amide bonds. The number of nitrogens with zero attached hydrogens (tertiary/aromatic N) is 4. The molecule has 2 saturated heterocycles. The lowest BCUT2D eigenvalue weighted by molar-refractivity contribution is 0.380. The molecule has 4 heterocycles. The summed E-state index contributed by atoms with van der Waals surface area (Å²) in [5, 5.41) is 0.256. The van der Waals surface area contributed by atoms with Gasteiger partial charge in [-0.05, 0) is 30.4 Å². The van der Waals surface area contributed by atoms with Crippen LogP contribution < -0.4 is 4.90 Å². The molecule has 0 aromatic carbocycles. The highest BCUT2D eigenvalue weighted by Gasteiger charge is 2.44. The minimum atomic E-state index is 0.256. The van der Waals surface area contributed by atoms with Crippen LogP contribution in [0.4, 0.5) is 5.82 Å². The van der Waals surface area contributed by atoms with Gasteiger partial charge in [0.1, 0.15) is 5.82 Å². The van der Waals surface area contributed by atoms with E-state index in [-0.39, 0.29) is 5.28 Å². The highest BCUT2D eigenvalue weighted by atomic mass is 35.5. The fourth-order valence-electron chi connectivity index (χ4n) is 2.96. The number of rotatable bonds is 2. The molecule has 1 saturated carbocycles. The normalized spacial score (nSPS) is 25.8. The molecule has 0 spiro atoms. The standard InChI is InChI=1S/C11H11Cl2N5/c12-3-7-14-8-9(15-7)16-11(13)17-10(8)18-4-5-1-6(18)2-5/h5-6H,1-4H2,(H,14,15,16,17). The summed E-state index contributed by atoms with van der Waals surface area (Å²) in [6.45, 7) is 1.05. The highest BCUT2D eigenvalue weighted by Crippen LogP contribution is 2.44. The molecule has 0 atom stereocenters. The first kappa shape index (κ1) is 10.8. The van der Waals surface area contributed by atoms with Gasteiger partial charge in [0.15, 0.2) is 17.0 Å². The Kier molecular flexibility index (Phi) is 2.23. The van der Waals surface area contributed by atoms with E-state index in [0.717, 1.165) is 23.8 Å². The molecular formula is C11H11Cl2N5. The SMILES string of the molecule is ClCc1nc2c(N3CC4CC3C4)nc(Cl)nc2[nH]1. The van der Waals surface area contributed by atoms with Crippen molar-refractivity contribution in [3.63, 3.8) is 0 Å². The molecule has 0 unspecified atom stereocenters. The van der Waals surface area contributed by atoms with Crippen LogP contribution in [-0.4, -0.2) is 32.5 Å². The summed E-state index contributed by atoms with van der Waals surface area (Å²) in [5.41, 5.74) is 1.45. The lowest BCUT2D eigenvalue weighted by Gasteiger charge is -2.26. The Hall–Kier alpha value is -1.07. The minimum absolute atomic E-state index is 0.256. The third-order valence-electron chi connectivity index (χ3n) is 3.85. The Balaban J connectivity index is 1.89. The number of aromatic nitrogens is 4. The molecule has 18 heavy (non-hydrogen) atoms. The van der Waals surface area contributed by atoms with Gasteiger partial charge in [-0.2, -0.15) is 9.97 Å². The van der Waals surface area contributed by atoms with Crippen molar-refractivity contribution in [3.8, 4) is 0 Å². The molecule has 5 rings (SSSR count). The van der Waals surface area contributed by atoms with Gasteiger partial charge in [0.2, 0.25) is 5.28 Å². The molecular weight excluding hydrogens is 273 g/mol. The first-order valence-electron chi connectivity index (χ1n) is 5.99. The van der Waals surface area contributed by atoms with E-state index in [1.54, 1.807) is 0 Å². The quantitative estimate of drug-likeness (QED) is 0.679. The Morgan fingerprint density at radius 1 is 1.28 bits per heavy atom. The van der Waals surface area contributed by atoms with Crippen molar-refractivity contribution < 1.29 is 0 Å². The fraction of sp³-hybridized carbons (Fsp3) is 0.545. The van der Waals surface area contributed by atoms with Crippen molar-refractivity contribution in [1.29, 1.82) is 0 Å². The summed E-state index contributed by atoms with van der Waals surface area (Å²) < 4.78 is 0. The second-order valence-electron chi connectivity index (χ2n) is 4.97. The number of fused-ring (bicyclic) bond motifs is 2. The van der Waals surface area contributed by atoms with Crippen LogP contribution in [0.1, 0.15) is 18.7 Å². The average Bonchev–Trinajstić information content (AvgIpc) is 2.98. The van der Waals surface area contributed by atoms with Crippen LogP contribution in [-0.2, 0) is 5.88 Å². The second-order valence-corrected chi connectivity index (χ2v) is 5.58. The van der Waals surface area contributed by atoms with Crippen molar-refractivity contribution in [2.45, 2.75) is 24.8 Å². The molecule has 7 heteroatoms. The first-order valence-corrected chi connectivity index (χ1v) is 6.90. The number of alkyl halides is 1. The largest absolute Gasteiger partial charge is 0.351 e. The van der Waals surface area contributed by atoms with Crippen LogP contribution in [0, 0.1) is 5.92 Å². The van der Waals surface area contributed by atoms with Crippen molar-refractivity contribution in [2.24, 2.45) is 5.92 Å². The topological polar surface area (TPSA) is 57.7 Å². The zero-order chi connectivity index (χ0) is 12.3. The van der Waals surface area contributed by atoms with Crippen LogP contribution in [0.25, 0.3) is 11.2 Å². The maximum absolute atomic E-state index is 5.99. The molecule has 2 bridgehead atoms. The number of nitrogens with one attached hydrogen (secondary N) is 1. The lowest BCUT2D eigenvalue weighted by atomic mass is 9.86. The molecule has 2 aromatic rings. The molecule has 2 aliphatic heterocycles. The van der Waals surface area contributed by atoms with E-state index in [2.05, 4.69) is 24.8 Å². The lowest BCUT2D eigenvalue weighted by Crippen LogP contribution is -2.29. The van der Waals surface area contributed by atoms with E-state index in [4.69, 9.17) is 23.2 Å². The molecule has 0 radical (unpaired) electrons. The Bertz CT molecular complexity index is 619. The molecule has 5 nitrogen and oxygen atoms in total. The van der Waals surface area contributed by atoms with Gasteiger partial charge in [-0.15, -0.1) is 11.6 Å². The number of hydrogen-bond donors (Lipinski definition) is 1. The predicted molar refractivity (Wildman–Crippen MR) is 70.1 cm³/mol. The van der Waals surface area contributed by atoms with E-state index in [9.17, 15) is 0 Å². The monoisotopic (exact) mass is 283 g/mol. The van der Waals surface area contributed by atoms with Crippen LogP contribution in [0.5, 0.6) is 0 Å². The Morgan fingerprint density at radius 2 is 2.11 bits per heavy atom. The van der Waals surface area contributed by atoms with Gasteiger partial charge in [0, 0.05) is 12.6 Å². The zero-order valence-electron chi connectivity index (χ0n) is 9.53. The van der Waals surface area contributed by atoms with Gasteiger partial charge in [0.05, 0.1) is 5.88 Å². The number of aromatic amines is 1. The minimum Gasteiger partial charge on any atom is -0.351 e. The van der Waals surface area contributed by atoms with Crippen LogP contribution in [0.15, 0.2) is 0 Å². The molecule has 94 valence electrons. The maximum Gasteiger partial charge on any atom is 0.226 e. The summed E-state index contributed by atoms with van der Waals surface area (Å²) in [5.74, 6) is 2.70. The third kappa shape index (κ3) is 1.44. The average molecular weight is 284 g/mol. The predicted octanol–water partition coefficient (Wildman–Crippen LogP) is 2.34. The summed E-state index contributed by atoms with van der Waals surface area (Å²) >= 11 is 11.8. The zero-order valence-corrected chi connectivity index (χ0v) is 11.0. The first-order chi connectivity index (χ1) is 8.74. The van der Waals surface area contributed by atoms with Gasteiger partial charge < -0.3 is 9.88 Å². The summed E-state index contributed by atoms with van der Waals surface area (Å²) in [7, 11) is 0. The second kappa shape index (κ2) is 3.71. The number of anilines is 1. The van der Waals surface area contributed by atoms with Crippen LogP contribution >= 0.6 is 23.2 Å². The van der Waals surface area contributed by atoms with Gasteiger partial charge in [0.25, 0.3) is 0 Å². The Morgan fingerprint density at radius 3 is 2.78 bits per heavy atom. The van der Waals surface area contributed by atoms with E-state index < -0.39 is 0 Å². The van der Waals surface area contributed by atoms with Gasteiger partial charge >= 0.3 is 0 Å². The molecule has 1 aliphatic carbocycles.